The van der Waals surface area contributed by atoms with Gasteiger partial charge in [0, 0.05) is 22.3 Å². The summed E-state index contributed by atoms with van der Waals surface area (Å²) in [5, 5.41) is 0. The van der Waals surface area contributed by atoms with Crippen LogP contribution in [0.2, 0.25) is 0 Å². The highest BCUT2D eigenvalue weighted by Crippen LogP contribution is 2.24. The van der Waals surface area contributed by atoms with E-state index in [2.05, 4.69) is 31.7 Å². The molecule has 0 N–H and O–H groups in total. The van der Waals surface area contributed by atoms with Gasteiger partial charge in [-0.1, -0.05) is 33.3 Å². The molecule has 136 valence electrons. The Balaban J connectivity index is 2.08. The van der Waals surface area contributed by atoms with Crippen molar-refractivity contribution in [3.8, 4) is 5.75 Å². The zero-order chi connectivity index (χ0) is 18.5. The Labute approximate surface area is 169 Å². The predicted molar refractivity (Wildman–Crippen MR) is 113 cm³/mol. The summed E-state index contributed by atoms with van der Waals surface area (Å²) in [5.41, 5.74) is 1.65. The molecule has 26 heavy (non-hydrogen) atoms. The van der Waals surface area contributed by atoms with Gasteiger partial charge in [0.1, 0.15) is 5.75 Å². The number of thiazole rings is 1. The van der Waals surface area contributed by atoms with Crippen molar-refractivity contribution in [2.75, 3.05) is 18.6 Å². The third-order valence-electron chi connectivity index (χ3n) is 3.75. The van der Waals surface area contributed by atoms with Crippen LogP contribution >= 0.6 is 39.0 Å². The molecule has 3 rings (SSSR count). The lowest BCUT2D eigenvalue weighted by Crippen LogP contribution is -2.18. The van der Waals surface area contributed by atoms with Gasteiger partial charge < -0.3 is 9.30 Å². The average Bonchev–Trinajstić information content (AvgIpc) is 2.96. The van der Waals surface area contributed by atoms with E-state index in [1.165, 1.54) is 11.3 Å². The van der Waals surface area contributed by atoms with E-state index in [4.69, 9.17) is 4.74 Å². The maximum atomic E-state index is 12.6. The first kappa shape index (κ1) is 19.2. The third kappa shape index (κ3) is 4.39. The fourth-order valence-electron chi connectivity index (χ4n) is 2.57. The zero-order valence-corrected chi connectivity index (χ0v) is 17.8. The Morgan fingerprint density at radius 2 is 2.15 bits per heavy atom. The fourth-order valence-corrected chi connectivity index (χ4v) is 4.41. The molecule has 0 aliphatic carbocycles. The van der Waals surface area contributed by atoms with Crippen molar-refractivity contribution < 1.29 is 9.53 Å². The Bertz CT molecular complexity index is 995. The molecule has 0 aliphatic rings. The smallest absolute Gasteiger partial charge is 0.279 e. The first-order valence-electron chi connectivity index (χ1n) is 8.22. The number of fused-ring (bicyclic) bond motifs is 1. The third-order valence-corrected chi connectivity index (χ3v) is 5.88. The molecule has 0 unspecified atom stereocenters. The molecule has 2 aromatic carbocycles. The van der Waals surface area contributed by atoms with Crippen molar-refractivity contribution >= 4 is 55.2 Å². The molecule has 0 bridgehead atoms. The first-order chi connectivity index (χ1) is 12.6. The van der Waals surface area contributed by atoms with Crippen molar-refractivity contribution in [2.45, 2.75) is 13.5 Å². The van der Waals surface area contributed by atoms with Crippen LogP contribution < -0.4 is 9.54 Å². The topological polar surface area (TPSA) is 43.6 Å². The fraction of sp³-hybridized carbons (Fsp3) is 0.263. The number of ether oxygens (including phenoxy) is 1. The van der Waals surface area contributed by atoms with Crippen molar-refractivity contribution in [3.63, 3.8) is 0 Å². The monoisotopic (exact) mass is 450 g/mol. The van der Waals surface area contributed by atoms with Gasteiger partial charge in [0.25, 0.3) is 5.91 Å². The number of hydrogen-bond acceptors (Lipinski definition) is 4. The largest absolute Gasteiger partial charge is 0.494 e. The molecule has 0 atom stereocenters. The van der Waals surface area contributed by atoms with Crippen LogP contribution in [0.1, 0.15) is 17.3 Å². The summed E-state index contributed by atoms with van der Waals surface area (Å²) in [6.45, 7) is 3.40. The minimum atomic E-state index is -0.235. The highest BCUT2D eigenvalue weighted by Gasteiger charge is 2.10. The minimum Gasteiger partial charge on any atom is -0.494 e. The molecule has 4 nitrogen and oxygen atoms in total. The van der Waals surface area contributed by atoms with Crippen LogP contribution in [0.15, 0.2) is 51.9 Å². The number of nitrogens with zero attached hydrogens (tertiary/aromatic N) is 2. The highest BCUT2D eigenvalue weighted by molar-refractivity contribution is 9.10. The second kappa shape index (κ2) is 8.88. The quantitative estimate of drug-likeness (QED) is 0.532. The second-order valence-electron chi connectivity index (χ2n) is 5.52. The molecular formula is C19H19BrN2O2S2. The van der Waals surface area contributed by atoms with Crippen molar-refractivity contribution in [3.05, 3.63) is 57.3 Å². The van der Waals surface area contributed by atoms with Crippen molar-refractivity contribution in [1.82, 2.24) is 4.57 Å². The molecule has 0 saturated carbocycles. The maximum Gasteiger partial charge on any atom is 0.279 e. The number of amides is 1. The van der Waals surface area contributed by atoms with E-state index in [0.29, 0.717) is 17.0 Å². The molecule has 0 fully saturated rings. The Kier molecular flexibility index (Phi) is 6.56. The SMILES string of the molecule is CCOc1ccc2c(c1)sc(=NC(=O)c1cccc(Br)c1)n2CCSC. The summed E-state index contributed by atoms with van der Waals surface area (Å²) in [6.07, 6.45) is 2.08. The van der Waals surface area contributed by atoms with Crippen molar-refractivity contribution in [1.29, 1.82) is 0 Å². The van der Waals surface area contributed by atoms with Gasteiger partial charge in [0.15, 0.2) is 4.80 Å². The number of thioether (sulfide) groups is 1. The summed E-state index contributed by atoms with van der Waals surface area (Å²) in [5.74, 6) is 1.56. The number of aromatic nitrogens is 1. The van der Waals surface area contributed by atoms with Crippen molar-refractivity contribution in [2.24, 2.45) is 4.99 Å². The lowest BCUT2D eigenvalue weighted by molar-refractivity contribution is 0.0998. The summed E-state index contributed by atoms with van der Waals surface area (Å²) in [6, 6.07) is 13.3. The Morgan fingerprint density at radius 1 is 1.31 bits per heavy atom. The summed E-state index contributed by atoms with van der Waals surface area (Å²) in [4.78, 5) is 17.7. The second-order valence-corrected chi connectivity index (χ2v) is 8.43. The van der Waals surface area contributed by atoms with Crippen LogP contribution in [0.4, 0.5) is 0 Å². The zero-order valence-electron chi connectivity index (χ0n) is 14.6. The number of rotatable bonds is 6. The van der Waals surface area contributed by atoms with Crippen LogP contribution in [0.5, 0.6) is 5.75 Å². The Hall–Kier alpha value is -1.57. The van der Waals surface area contributed by atoms with E-state index in [1.54, 1.807) is 23.9 Å². The molecule has 3 aromatic rings. The van der Waals surface area contributed by atoms with E-state index >= 15 is 0 Å². The van der Waals surface area contributed by atoms with Crippen LogP contribution in [0.3, 0.4) is 0 Å². The van der Waals surface area contributed by atoms with Gasteiger partial charge in [0.05, 0.1) is 16.8 Å². The van der Waals surface area contributed by atoms with Gasteiger partial charge in [-0.15, -0.1) is 0 Å². The normalized spacial score (nSPS) is 11.9. The summed E-state index contributed by atoms with van der Waals surface area (Å²) < 4.78 is 9.65. The van der Waals surface area contributed by atoms with Crippen LogP contribution in [-0.2, 0) is 6.54 Å². The highest BCUT2D eigenvalue weighted by atomic mass is 79.9. The first-order valence-corrected chi connectivity index (χ1v) is 11.2. The molecule has 0 saturated heterocycles. The van der Waals surface area contributed by atoms with Gasteiger partial charge in [-0.05, 0) is 49.6 Å². The maximum absolute atomic E-state index is 12.6. The number of aryl methyl sites for hydroxylation is 1. The molecular weight excluding hydrogens is 432 g/mol. The summed E-state index contributed by atoms with van der Waals surface area (Å²) >= 11 is 6.69. The number of carbonyl (C=O) groups excluding carboxylic acids is 1. The number of halogens is 1. The van der Waals surface area contributed by atoms with Gasteiger partial charge in [-0.2, -0.15) is 16.8 Å². The van der Waals surface area contributed by atoms with Gasteiger partial charge in [0.2, 0.25) is 0 Å². The minimum absolute atomic E-state index is 0.235. The number of carbonyl (C=O) groups is 1. The van der Waals surface area contributed by atoms with Gasteiger partial charge >= 0.3 is 0 Å². The van der Waals surface area contributed by atoms with E-state index in [1.807, 2.05) is 37.3 Å². The number of hydrogen-bond donors (Lipinski definition) is 0. The van der Waals surface area contributed by atoms with Crippen LogP contribution in [-0.4, -0.2) is 29.1 Å². The van der Waals surface area contributed by atoms with E-state index in [-0.39, 0.29) is 5.91 Å². The molecule has 0 radical (unpaired) electrons. The van der Waals surface area contributed by atoms with E-state index < -0.39 is 0 Å². The van der Waals surface area contributed by atoms with E-state index in [0.717, 1.165) is 32.7 Å². The average molecular weight is 451 g/mol. The molecule has 1 heterocycles. The lowest BCUT2D eigenvalue weighted by Gasteiger charge is -2.05. The van der Waals surface area contributed by atoms with Crippen LogP contribution in [0, 0.1) is 0 Å². The molecule has 0 aliphatic heterocycles. The molecule has 0 spiro atoms. The molecule has 1 aromatic heterocycles. The predicted octanol–water partition coefficient (Wildman–Crippen LogP) is 4.97. The van der Waals surface area contributed by atoms with Crippen LogP contribution in [0.25, 0.3) is 10.2 Å². The van der Waals surface area contributed by atoms with Gasteiger partial charge in [-0.3, -0.25) is 4.79 Å². The van der Waals surface area contributed by atoms with E-state index in [9.17, 15) is 4.79 Å². The standard InChI is InChI=1S/C19H19BrN2O2S2/c1-3-24-15-7-8-16-17(12-15)26-19(22(16)9-10-25-2)21-18(23)13-5-4-6-14(20)11-13/h4-8,11-12H,3,9-10H2,1-2H3. The molecule has 1 amide bonds. The lowest BCUT2D eigenvalue weighted by atomic mass is 10.2. The Morgan fingerprint density at radius 3 is 2.88 bits per heavy atom. The van der Waals surface area contributed by atoms with Gasteiger partial charge in [-0.25, -0.2) is 0 Å². The molecule has 7 heteroatoms. The summed E-state index contributed by atoms with van der Waals surface area (Å²) in [7, 11) is 0. The number of benzene rings is 2.